The zero-order valence-corrected chi connectivity index (χ0v) is 32.1. The summed E-state index contributed by atoms with van der Waals surface area (Å²) in [4.78, 5) is 44.2. The lowest BCUT2D eigenvalue weighted by Crippen LogP contribution is -2.01. The molecule has 0 spiro atoms. The van der Waals surface area contributed by atoms with Crippen molar-refractivity contribution in [3.05, 3.63) is 200 Å². The molecule has 0 saturated heterocycles. The van der Waals surface area contributed by atoms with Crippen LogP contribution in [0.4, 0.5) is 0 Å². The third-order valence-electron chi connectivity index (χ3n) is 9.87. The molecule has 10 aromatic rings. The van der Waals surface area contributed by atoms with Gasteiger partial charge in [0.1, 0.15) is 0 Å². The molecular formula is C51H33N9. The molecule has 0 aliphatic carbocycles. The maximum absolute atomic E-state index is 5.01. The first-order valence-electron chi connectivity index (χ1n) is 19.5. The Morgan fingerprint density at radius 1 is 0.133 bits per heavy atom. The second-order valence-electron chi connectivity index (χ2n) is 13.9. The second kappa shape index (κ2) is 16.2. The number of hydrogen-bond acceptors (Lipinski definition) is 9. The van der Waals surface area contributed by atoms with Gasteiger partial charge in [0.2, 0.25) is 0 Å². The van der Waals surface area contributed by atoms with E-state index in [1.807, 2.05) is 200 Å². The molecule has 10 rings (SSSR count). The van der Waals surface area contributed by atoms with Crippen LogP contribution in [-0.4, -0.2) is 44.9 Å². The molecule has 3 aromatic heterocycles. The van der Waals surface area contributed by atoms with Crippen molar-refractivity contribution >= 4 is 0 Å². The standard InChI is InChI=1S/C51H33N9/c1-6-16-34(17-7-1)43-52-44(35-18-8-2-9-19-35)55-48(54-43)39-26-30-41(31-27-39)50-58-47(38-24-14-5-15-25-38)59-51(60-50)42-32-28-40(29-33-42)49-56-45(36-20-10-3-11-21-36)53-46(57-49)37-22-12-4-13-23-37/h1-33H. The lowest BCUT2D eigenvalue weighted by Gasteiger charge is -2.11. The maximum atomic E-state index is 5.01. The second-order valence-corrected chi connectivity index (χ2v) is 13.9. The van der Waals surface area contributed by atoms with Crippen molar-refractivity contribution in [2.45, 2.75) is 0 Å². The monoisotopic (exact) mass is 771 g/mol. The van der Waals surface area contributed by atoms with Gasteiger partial charge >= 0.3 is 0 Å². The van der Waals surface area contributed by atoms with E-state index in [4.69, 9.17) is 44.9 Å². The summed E-state index contributed by atoms with van der Waals surface area (Å²) in [5.41, 5.74) is 7.86. The van der Waals surface area contributed by atoms with E-state index < -0.39 is 0 Å². The van der Waals surface area contributed by atoms with Gasteiger partial charge in [0.25, 0.3) is 0 Å². The first kappa shape index (κ1) is 35.9. The van der Waals surface area contributed by atoms with Crippen molar-refractivity contribution in [3.63, 3.8) is 0 Å². The molecule has 0 unspecified atom stereocenters. The van der Waals surface area contributed by atoms with E-state index in [-0.39, 0.29) is 0 Å². The molecule has 60 heavy (non-hydrogen) atoms. The Hall–Kier alpha value is -8.43. The molecule has 9 heteroatoms. The molecular weight excluding hydrogens is 739 g/mol. The van der Waals surface area contributed by atoms with Gasteiger partial charge < -0.3 is 0 Å². The third kappa shape index (κ3) is 7.66. The third-order valence-corrected chi connectivity index (χ3v) is 9.87. The number of rotatable bonds is 9. The molecule has 9 nitrogen and oxygen atoms in total. The fourth-order valence-electron chi connectivity index (χ4n) is 6.76. The first-order chi connectivity index (χ1) is 29.7. The van der Waals surface area contributed by atoms with Crippen molar-refractivity contribution in [1.29, 1.82) is 0 Å². The lowest BCUT2D eigenvalue weighted by molar-refractivity contribution is 1.07. The average molecular weight is 772 g/mol. The van der Waals surface area contributed by atoms with Gasteiger partial charge in [-0.05, 0) is 0 Å². The molecule has 7 aromatic carbocycles. The van der Waals surface area contributed by atoms with Gasteiger partial charge in [-0.25, -0.2) is 44.9 Å². The predicted molar refractivity (Wildman–Crippen MR) is 236 cm³/mol. The normalized spacial score (nSPS) is 11.0. The topological polar surface area (TPSA) is 116 Å². The SMILES string of the molecule is c1ccc(-c2nc(-c3ccccc3)nc(-c3ccc(-c4nc(-c5ccccc5)nc(-c5ccc(-c6nc(-c7ccccc7)nc(-c7ccccc7)n6)cc5)n4)cc3)n2)cc1. The zero-order valence-electron chi connectivity index (χ0n) is 32.1. The van der Waals surface area contributed by atoms with Crippen molar-refractivity contribution in [2.75, 3.05) is 0 Å². The Bertz CT molecular complexity index is 2740. The quantitative estimate of drug-likeness (QED) is 0.141. The van der Waals surface area contributed by atoms with Crippen molar-refractivity contribution < 1.29 is 0 Å². The van der Waals surface area contributed by atoms with Gasteiger partial charge in [-0.2, -0.15) is 0 Å². The summed E-state index contributed by atoms with van der Waals surface area (Å²) in [6.45, 7) is 0. The predicted octanol–water partition coefficient (Wildman–Crippen LogP) is 11.2. The summed E-state index contributed by atoms with van der Waals surface area (Å²) in [6.07, 6.45) is 0. The van der Waals surface area contributed by atoms with Crippen LogP contribution in [-0.2, 0) is 0 Å². The fraction of sp³-hybridized carbons (Fsp3) is 0. The van der Waals surface area contributed by atoms with E-state index in [0.717, 1.165) is 50.1 Å². The molecule has 0 saturated carbocycles. The highest BCUT2D eigenvalue weighted by Crippen LogP contribution is 2.30. The minimum Gasteiger partial charge on any atom is -0.208 e. The van der Waals surface area contributed by atoms with Gasteiger partial charge in [0.05, 0.1) is 0 Å². The van der Waals surface area contributed by atoms with E-state index in [0.29, 0.717) is 52.4 Å². The van der Waals surface area contributed by atoms with E-state index in [1.165, 1.54) is 0 Å². The number of nitrogens with zero attached hydrogens (tertiary/aromatic N) is 9. The van der Waals surface area contributed by atoms with Crippen molar-refractivity contribution in [3.8, 4) is 102 Å². The number of benzene rings is 7. The molecule has 0 bridgehead atoms. The molecule has 0 N–H and O–H groups in total. The Labute approximate surface area is 346 Å². The molecule has 0 radical (unpaired) electrons. The van der Waals surface area contributed by atoms with E-state index >= 15 is 0 Å². The largest absolute Gasteiger partial charge is 0.208 e. The average Bonchev–Trinajstić information content (AvgIpc) is 3.35. The van der Waals surface area contributed by atoms with Crippen molar-refractivity contribution in [1.82, 2.24) is 44.9 Å². The van der Waals surface area contributed by atoms with Gasteiger partial charge in [-0.1, -0.05) is 200 Å². The molecule has 0 aliphatic rings. The minimum atomic E-state index is 0.539. The zero-order chi connectivity index (χ0) is 40.1. The van der Waals surface area contributed by atoms with Crippen LogP contribution in [0.3, 0.4) is 0 Å². The molecule has 3 heterocycles. The molecule has 282 valence electrons. The smallest absolute Gasteiger partial charge is 0.164 e. The Balaban J connectivity index is 1.01. The van der Waals surface area contributed by atoms with Gasteiger partial charge in [-0.15, -0.1) is 0 Å². The summed E-state index contributed by atoms with van der Waals surface area (Å²) in [6, 6.07) is 65.7. The summed E-state index contributed by atoms with van der Waals surface area (Å²) in [7, 11) is 0. The highest BCUT2D eigenvalue weighted by atomic mass is 15.1. The van der Waals surface area contributed by atoms with Crippen LogP contribution in [0.25, 0.3) is 102 Å². The molecule has 0 amide bonds. The maximum Gasteiger partial charge on any atom is 0.164 e. The first-order valence-corrected chi connectivity index (χ1v) is 19.5. The van der Waals surface area contributed by atoms with Crippen LogP contribution in [0.1, 0.15) is 0 Å². The summed E-state index contributed by atoms with van der Waals surface area (Å²) < 4.78 is 0. The van der Waals surface area contributed by atoms with Crippen molar-refractivity contribution in [2.24, 2.45) is 0 Å². The molecule has 0 fully saturated rings. The van der Waals surface area contributed by atoms with Crippen LogP contribution in [0.5, 0.6) is 0 Å². The number of aromatic nitrogens is 9. The van der Waals surface area contributed by atoms with Crippen LogP contribution >= 0.6 is 0 Å². The lowest BCUT2D eigenvalue weighted by atomic mass is 10.1. The van der Waals surface area contributed by atoms with Crippen LogP contribution < -0.4 is 0 Å². The highest BCUT2D eigenvalue weighted by Gasteiger charge is 2.17. The highest BCUT2D eigenvalue weighted by molar-refractivity contribution is 5.73. The van der Waals surface area contributed by atoms with E-state index in [9.17, 15) is 0 Å². The summed E-state index contributed by atoms with van der Waals surface area (Å²) in [5.74, 6) is 5.21. The van der Waals surface area contributed by atoms with Crippen LogP contribution in [0, 0.1) is 0 Å². The summed E-state index contributed by atoms with van der Waals surface area (Å²) in [5, 5.41) is 0. The van der Waals surface area contributed by atoms with Gasteiger partial charge in [-0.3, -0.25) is 0 Å². The van der Waals surface area contributed by atoms with Gasteiger partial charge in [0.15, 0.2) is 52.4 Å². The Morgan fingerprint density at radius 2 is 0.250 bits per heavy atom. The van der Waals surface area contributed by atoms with Gasteiger partial charge in [0, 0.05) is 50.1 Å². The molecule has 0 atom stereocenters. The Kier molecular flexibility index (Phi) is 9.71. The summed E-state index contributed by atoms with van der Waals surface area (Å²) >= 11 is 0. The van der Waals surface area contributed by atoms with Crippen LogP contribution in [0.2, 0.25) is 0 Å². The minimum absolute atomic E-state index is 0.539. The Morgan fingerprint density at radius 3 is 0.383 bits per heavy atom. The fourth-order valence-corrected chi connectivity index (χ4v) is 6.76. The van der Waals surface area contributed by atoms with E-state index in [2.05, 4.69) is 0 Å². The molecule has 0 aliphatic heterocycles. The number of hydrogen-bond donors (Lipinski definition) is 0. The van der Waals surface area contributed by atoms with Crippen LogP contribution in [0.15, 0.2) is 200 Å². The van der Waals surface area contributed by atoms with E-state index in [1.54, 1.807) is 0 Å².